The first kappa shape index (κ1) is 16.0. The van der Waals surface area contributed by atoms with Crippen LogP contribution in [0, 0.1) is 6.92 Å². The maximum absolute atomic E-state index is 12.2. The highest BCUT2D eigenvalue weighted by molar-refractivity contribution is 5.78. The number of carbonyl (C=O) groups is 1. The molecular formula is C16H28N4O. The first-order chi connectivity index (χ1) is 10.1. The average Bonchev–Trinajstić information content (AvgIpc) is 2.73. The maximum Gasteiger partial charge on any atom is 0.234 e. The van der Waals surface area contributed by atoms with E-state index in [2.05, 4.69) is 15.3 Å². The lowest BCUT2D eigenvalue weighted by atomic mass is 10.1. The number of carbonyl (C=O) groups excluding carboxylic acids is 1. The van der Waals surface area contributed by atoms with E-state index < -0.39 is 0 Å². The first-order valence-corrected chi connectivity index (χ1v) is 8.08. The molecule has 0 aromatic carbocycles. The van der Waals surface area contributed by atoms with Crippen LogP contribution in [0.2, 0.25) is 0 Å². The fourth-order valence-electron chi connectivity index (χ4n) is 2.98. The summed E-state index contributed by atoms with van der Waals surface area (Å²) in [5.41, 5.74) is 2.20. The highest BCUT2D eigenvalue weighted by Gasteiger charge is 2.17. The number of aromatic nitrogens is 2. The quantitative estimate of drug-likeness (QED) is 0.925. The van der Waals surface area contributed by atoms with Gasteiger partial charge in [0.25, 0.3) is 0 Å². The Hall–Kier alpha value is -1.36. The second kappa shape index (κ2) is 7.59. The topological polar surface area (TPSA) is 50.2 Å². The van der Waals surface area contributed by atoms with Crippen molar-refractivity contribution in [3.05, 3.63) is 17.5 Å². The molecule has 1 aromatic rings. The van der Waals surface area contributed by atoms with Gasteiger partial charge in [-0.1, -0.05) is 19.3 Å². The van der Waals surface area contributed by atoms with Crippen molar-refractivity contribution < 1.29 is 4.79 Å². The summed E-state index contributed by atoms with van der Waals surface area (Å²) < 4.78 is 1.84. The molecule has 0 saturated carbocycles. The highest BCUT2D eigenvalue weighted by atomic mass is 16.2. The lowest BCUT2D eigenvalue weighted by molar-refractivity contribution is -0.123. The van der Waals surface area contributed by atoms with Crippen molar-refractivity contribution >= 4 is 5.91 Å². The summed E-state index contributed by atoms with van der Waals surface area (Å²) in [7, 11) is 1.92. The largest absolute Gasteiger partial charge is 0.348 e. The SMILES string of the molecule is Cc1c([C@H](C)NC(=O)CN2CCCCCCC2)cnn1C. The second-order valence-electron chi connectivity index (χ2n) is 6.14. The van der Waals surface area contributed by atoms with Crippen LogP contribution in [-0.4, -0.2) is 40.2 Å². The van der Waals surface area contributed by atoms with E-state index in [1.54, 1.807) is 0 Å². The molecule has 1 atom stereocenters. The molecule has 1 aromatic heterocycles. The molecule has 2 rings (SSSR count). The summed E-state index contributed by atoms with van der Waals surface area (Å²) >= 11 is 0. The normalized spacial score (nSPS) is 18.8. The molecule has 1 fully saturated rings. The number of hydrogen-bond donors (Lipinski definition) is 1. The third kappa shape index (κ3) is 4.56. The summed E-state index contributed by atoms with van der Waals surface area (Å²) in [6, 6.07) is 0.0148. The molecule has 1 amide bonds. The number of aryl methyl sites for hydroxylation is 1. The van der Waals surface area contributed by atoms with E-state index in [0.29, 0.717) is 6.54 Å². The monoisotopic (exact) mass is 292 g/mol. The molecule has 5 nitrogen and oxygen atoms in total. The standard InChI is InChI=1S/C16H28N4O/c1-13(15-11-17-19(3)14(15)2)18-16(21)12-20-9-7-5-4-6-8-10-20/h11,13H,4-10,12H2,1-3H3,(H,18,21)/t13-/m0/s1. The van der Waals surface area contributed by atoms with Crippen LogP contribution in [0.15, 0.2) is 6.20 Å². The van der Waals surface area contributed by atoms with Gasteiger partial charge in [0.05, 0.1) is 18.8 Å². The van der Waals surface area contributed by atoms with Gasteiger partial charge in [-0.3, -0.25) is 14.4 Å². The predicted molar refractivity (Wildman–Crippen MR) is 84.0 cm³/mol. The molecule has 1 saturated heterocycles. The van der Waals surface area contributed by atoms with E-state index in [0.717, 1.165) is 24.3 Å². The zero-order chi connectivity index (χ0) is 15.2. The second-order valence-corrected chi connectivity index (χ2v) is 6.14. The van der Waals surface area contributed by atoms with Crippen LogP contribution in [0.25, 0.3) is 0 Å². The van der Waals surface area contributed by atoms with Crippen molar-refractivity contribution in [1.29, 1.82) is 0 Å². The van der Waals surface area contributed by atoms with Crippen molar-refractivity contribution in [2.75, 3.05) is 19.6 Å². The van der Waals surface area contributed by atoms with Gasteiger partial charge >= 0.3 is 0 Å². The van der Waals surface area contributed by atoms with Gasteiger partial charge in [0.1, 0.15) is 0 Å². The minimum Gasteiger partial charge on any atom is -0.348 e. The van der Waals surface area contributed by atoms with Crippen molar-refractivity contribution in [3.63, 3.8) is 0 Å². The van der Waals surface area contributed by atoms with Crippen LogP contribution in [0.5, 0.6) is 0 Å². The van der Waals surface area contributed by atoms with Crippen LogP contribution in [0.3, 0.4) is 0 Å². The van der Waals surface area contributed by atoms with Crippen molar-refractivity contribution in [2.24, 2.45) is 7.05 Å². The molecular weight excluding hydrogens is 264 g/mol. The zero-order valence-electron chi connectivity index (χ0n) is 13.6. The highest BCUT2D eigenvalue weighted by Crippen LogP contribution is 2.16. The van der Waals surface area contributed by atoms with E-state index in [1.165, 1.54) is 32.1 Å². The molecule has 1 N–H and O–H groups in total. The minimum atomic E-state index is 0.0148. The predicted octanol–water partition coefficient (Wildman–Crippen LogP) is 2.17. The van der Waals surface area contributed by atoms with Gasteiger partial charge in [0.2, 0.25) is 5.91 Å². The summed E-state index contributed by atoms with van der Waals surface area (Å²) in [6.45, 7) is 6.67. The molecule has 0 unspecified atom stereocenters. The van der Waals surface area contributed by atoms with Gasteiger partial charge in [0.15, 0.2) is 0 Å². The van der Waals surface area contributed by atoms with Crippen LogP contribution in [-0.2, 0) is 11.8 Å². The van der Waals surface area contributed by atoms with Crippen molar-refractivity contribution in [1.82, 2.24) is 20.0 Å². The number of hydrogen-bond acceptors (Lipinski definition) is 3. The lowest BCUT2D eigenvalue weighted by Crippen LogP contribution is -2.39. The van der Waals surface area contributed by atoms with E-state index in [-0.39, 0.29) is 11.9 Å². The van der Waals surface area contributed by atoms with Gasteiger partial charge in [-0.2, -0.15) is 5.10 Å². The molecule has 5 heteroatoms. The average molecular weight is 292 g/mol. The Labute approximate surface area is 127 Å². The van der Waals surface area contributed by atoms with Crippen LogP contribution < -0.4 is 5.32 Å². The van der Waals surface area contributed by atoms with E-state index in [1.807, 2.05) is 31.8 Å². The van der Waals surface area contributed by atoms with E-state index >= 15 is 0 Å². The Balaban J connectivity index is 1.84. The van der Waals surface area contributed by atoms with Gasteiger partial charge in [-0.15, -0.1) is 0 Å². The molecule has 0 radical (unpaired) electrons. The molecule has 118 valence electrons. The lowest BCUT2D eigenvalue weighted by Gasteiger charge is -2.24. The first-order valence-electron chi connectivity index (χ1n) is 8.08. The minimum absolute atomic E-state index is 0.0148. The maximum atomic E-state index is 12.2. The fourth-order valence-corrected chi connectivity index (χ4v) is 2.98. The summed E-state index contributed by atoms with van der Waals surface area (Å²) in [5, 5.41) is 7.34. The Morgan fingerprint density at radius 2 is 1.90 bits per heavy atom. The number of likely N-dealkylation sites (tertiary alicyclic amines) is 1. The zero-order valence-corrected chi connectivity index (χ0v) is 13.6. The Bertz CT molecular complexity index is 461. The smallest absolute Gasteiger partial charge is 0.234 e. The molecule has 1 aliphatic heterocycles. The van der Waals surface area contributed by atoms with E-state index in [4.69, 9.17) is 0 Å². The summed E-state index contributed by atoms with van der Waals surface area (Å²) in [5.74, 6) is 0.117. The van der Waals surface area contributed by atoms with Crippen LogP contribution in [0.4, 0.5) is 0 Å². The molecule has 0 spiro atoms. The third-order valence-corrected chi connectivity index (χ3v) is 4.43. The Morgan fingerprint density at radius 3 is 2.48 bits per heavy atom. The number of rotatable bonds is 4. The number of nitrogens with one attached hydrogen (secondary N) is 1. The molecule has 2 heterocycles. The van der Waals surface area contributed by atoms with Crippen LogP contribution >= 0.6 is 0 Å². The number of nitrogens with zero attached hydrogens (tertiary/aromatic N) is 3. The molecule has 21 heavy (non-hydrogen) atoms. The van der Waals surface area contributed by atoms with Gasteiger partial charge in [-0.25, -0.2) is 0 Å². The summed E-state index contributed by atoms with van der Waals surface area (Å²) in [6.07, 6.45) is 8.20. The van der Waals surface area contributed by atoms with Gasteiger partial charge in [0, 0.05) is 18.3 Å². The van der Waals surface area contributed by atoms with Gasteiger partial charge < -0.3 is 5.32 Å². The van der Waals surface area contributed by atoms with Crippen LogP contribution in [0.1, 0.15) is 56.3 Å². The molecule has 0 aliphatic carbocycles. The van der Waals surface area contributed by atoms with Crippen molar-refractivity contribution in [3.8, 4) is 0 Å². The Kier molecular flexibility index (Phi) is 5.79. The molecule has 1 aliphatic rings. The number of amides is 1. The fraction of sp³-hybridized carbons (Fsp3) is 0.750. The Morgan fingerprint density at radius 1 is 1.29 bits per heavy atom. The molecule has 0 bridgehead atoms. The van der Waals surface area contributed by atoms with Crippen molar-refractivity contribution in [2.45, 2.75) is 52.0 Å². The summed E-state index contributed by atoms with van der Waals surface area (Å²) in [4.78, 5) is 14.5. The third-order valence-electron chi connectivity index (χ3n) is 4.43. The van der Waals surface area contributed by atoms with E-state index in [9.17, 15) is 4.79 Å². The van der Waals surface area contributed by atoms with Gasteiger partial charge in [-0.05, 0) is 39.8 Å².